The molecule has 0 aliphatic rings. The van der Waals surface area contributed by atoms with Gasteiger partial charge in [0, 0.05) is 10.6 Å². The number of H-pyrrole nitrogens is 2. The molecule has 0 aliphatic heterocycles. The number of hydrogen-bond donors (Lipinski definition) is 2. The molecule has 0 amide bonds. The quantitative estimate of drug-likeness (QED) is 0.515. The Bertz CT molecular complexity index is 1120. The van der Waals surface area contributed by atoms with Gasteiger partial charge in [0.25, 0.3) is 5.56 Å². The number of benzene rings is 2. The van der Waals surface area contributed by atoms with Crippen LogP contribution in [0.15, 0.2) is 58.5 Å². The minimum Gasteiger partial charge on any atom is -0.309 e. The van der Waals surface area contributed by atoms with Gasteiger partial charge in [-0.1, -0.05) is 35.5 Å². The first-order valence-electron chi connectivity index (χ1n) is 7.94. The third-order valence-corrected chi connectivity index (χ3v) is 5.10. The highest BCUT2D eigenvalue weighted by Gasteiger charge is 2.15. The van der Waals surface area contributed by atoms with E-state index in [1.165, 1.54) is 11.8 Å². The molecule has 2 heterocycles. The molecular weight excluding hydrogens is 370 g/mol. The molecule has 2 aromatic heterocycles. The molecule has 2 aromatic carbocycles. The van der Waals surface area contributed by atoms with Gasteiger partial charge >= 0.3 is 0 Å². The van der Waals surface area contributed by atoms with Gasteiger partial charge in [0.2, 0.25) is 5.16 Å². The summed E-state index contributed by atoms with van der Waals surface area (Å²) >= 11 is 7.33. The van der Waals surface area contributed by atoms with Crippen LogP contribution >= 0.6 is 23.4 Å². The van der Waals surface area contributed by atoms with Gasteiger partial charge in [0.1, 0.15) is 5.82 Å². The Kier molecular flexibility index (Phi) is 4.48. The lowest BCUT2D eigenvalue weighted by Gasteiger charge is -2.08. The second kappa shape index (κ2) is 6.93. The van der Waals surface area contributed by atoms with E-state index in [4.69, 9.17) is 11.6 Å². The van der Waals surface area contributed by atoms with Crippen LogP contribution in [0.2, 0.25) is 5.02 Å². The van der Waals surface area contributed by atoms with Gasteiger partial charge in [0.05, 0.1) is 16.2 Å². The van der Waals surface area contributed by atoms with Crippen LogP contribution in [-0.4, -0.2) is 25.1 Å². The molecular formula is C18H14ClN5OS. The third kappa shape index (κ3) is 3.36. The predicted molar refractivity (Wildman–Crippen MR) is 103 cm³/mol. The van der Waals surface area contributed by atoms with Crippen molar-refractivity contribution in [1.82, 2.24) is 25.1 Å². The zero-order valence-corrected chi connectivity index (χ0v) is 15.3. The van der Waals surface area contributed by atoms with E-state index in [0.717, 1.165) is 5.56 Å². The van der Waals surface area contributed by atoms with Crippen LogP contribution in [0, 0.1) is 0 Å². The molecule has 8 heteroatoms. The second-order valence-electron chi connectivity index (χ2n) is 5.70. The van der Waals surface area contributed by atoms with Crippen LogP contribution in [0.5, 0.6) is 0 Å². The van der Waals surface area contributed by atoms with Crippen molar-refractivity contribution in [1.29, 1.82) is 0 Å². The Morgan fingerprint density at radius 3 is 2.65 bits per heavy atom. The highest BCUT2D eigenvalue weighted by molar-refractivity contribution is 7.99. The number of para-hydroxylation sites is 1. The Morgan fingerprint density at radius 2 is 1.85 bits per heavy atom. The number of fused-ring (bicyclic) bond motifs is 1. The number of nitrogens with one attached hydrogen (secondary N) is 2. The van der Waals surface area contributed by atoms with E-state index in [1.807, 2.05) is 37.3 Å². The van der Waals surface area contributed by atoms with Crippen molar-refractivity contribution in [3.8, 4) is 11.4 Å². The van der Waals surface area contributed by atoms with Crippen molar-refractivity contribution < 1.29 is 0 Å². The Morgan fingerprint density at radius 1 is 1.08 bits per heavy atom. The van der Waals surface area contributed by atoms with Gasteiger partial charge in [0.15, 0.2) is 5.82 Å². The number of aromatic amines is 2. The summed E-state index contributed by atoms with van der Waals surface area (Å²) in [6.07, 6.45) is 0. The van der Waals surface area contributed by atoms with E-state index in [2.05, 4.69) is 25.1 Å². The molecule has 4 aromatic rings. The standard InChI is InChI=1S/C18H14ClN5OS/c1-10(15-20-14-5-3-2-4-13(14)17(25)21-15)26-18-22-16(23-24-18)11-6-8-12(19)9-7-11/h2-10H,1H3,(H,20,21,25)(H,22,23,24). The third-order valence-electron chi connectivity index (χ3n) is 3.88. The lowest BCUT2D eigenvalue weighted by Crippen LogP contribution is -2.12. The van der Waals surface area contributed by atoms with Crippen molar-refractivity contribution in [2.24, 2.45) is 0 Å². The van der Waals surface area contributed by atoms with E-state index in [1.54, 1.807) is 18.2 Å². The first-order chi connectivity index (χ1) is 12.6. The van der Waals surface area contributed by atoms with Crippen molar-refractivity contribution in [3.05, 3.63) is 69.7 Å². The van der Waals surface area contributed by atoms with Crippen LogP contribution in [0.25, 0.3) is 22.3 Å². The van der Waals surface area contributed by atoms with E-state index >= 15 is 0 Å². The lowest BCUT2D eigenvalue weighted by atomic mass is 10.2. The first-order valence-corrected chi connectivity index (χ1v) is 9.20. The summed E-state index contributed by atoms with van der Waals surface area (Å²) in [6, 6.07) is 14.6. The summed E-state index contributed by atoms with van der Waals surface area (Å²) in [5.41, 5.74) is 1.43. The lowest BCUT2D eigenvalue weighted by molar-refractivity contribution is 0.904. The van der Waals surface area contributed by atoms with E-state index in [0.29, 0.717) is 32.7 Å². The number of thioether (sulfide) groups is 1. The number of rotatable bonds is 4. The van der Waals surface area contributed by atoms with Crippen molar-refractivity contribution in [2.75, 3.05) is 0 Å². The van der Waals surface area contributed by atoms with Crippen LogP contribution < -0.4 is 5.56 Å². The summed E-state index contributed by atoms with van der Waals surface area (Å²) in [5, 5.41) is 8.88. The Balaban J connectivity index is 1.58. The number of nitrogens with zero attached hydrogens (tertiary/aromatic N) is 3. The molecule has 4 rings (SSSR count). The van der Waals surface area contributed by atoms with Crippen LogP contribution in [-0.2, 0) is 0 Å². The summed E-state index contributed by atoms with van der Waals surface area (Å²) in [4.78, 5) is 24.1. The highest BCUT2D eigenvalue weighted by atomic mass is 35.5. The van der Waals surface area contributed by atoms with E-state index in [9.17, 15) is 4.79 Å². The van der Waals surface area contributed by atoms with Gasteiger partial charge in [-0.15, -0.1) is 5.10 Å². The molecule has 0 spiro atoms. The average molecular weight is 384 g/mol. The zero-order chi connectivity index (χ0) is 18.1. The number of aromatic nitrogens is 5. The van der Waals surface area contributed by atoms with Gasteiger partial charge in [-0.3, -0.25) is 9.89 Å². The van der Waals surface area contributed by atoms with Gasteiger partial charge in [-0.05, 0) is 43.3 Å². The normalized spacial score (nSPS) is 12.4. The monoisotopic (exact) mass is 383 g/mol. The van der Waals surface area contributed by atoms with Gasteiger partial charge in [-0.25, -0.2) is 9.97 Å². The van der Waals surface area contributed by atoms with Crippen LogP contribution in [0.3, 0.4) is 0 Å². The summed E-state index contributed by atoms with van der Waals surface area (Å²) in [6.45, 7) is 1.95. The molecule has 1 atom stereocenters. The zero-order valence-electron chi connectivity index (χ0n) is 13.7. The average Bonchev–Trinajstić information content (AvgIpc) is 3.10. The van der Waals surface area contributed by atoms with Crippen LogP contribution in [0.1, 0.15) is 18.0 Å². The molecule has 0 radical (unpaired) electrons. The maximum absolute atomic E-state index is 12.2. The number of hydrogen-bond acceptors (Lipinski definition) is 5. The summed E-state index contributed by atoms with van der Waals surface area (Å²) < 4.78 is 0. The van der Waals surface area contributed by atoms with E-state index < -0.39 is 0 Å². The Labute approximate surface area is 158 Å². The fourth-order valence-corrected chi connectivity index (χ4v) is 3.45. The second-order valence-corrected chi connectivity index (χ2v) is 7.45. The maximum atomic E-state index is 12.2. The fraction of sp³-hybridized carbons (Fsp3) is 0.111. The molecule has 1 unspecified atom stereocenters. The largest absolute Gasteiger partial charge is 0.309 e. The van der Waals surface area contributed by atoms with Crippen molar-refractivity contribution in [2.45, 2.75) is 17.3 Å². The topological polar surface area (TPSA) is 87.3 Å². The SMILES string of the molecule is CC(Sc1n[nH]c(-c2ccc(Cl)cc2)n1)c1nc2ccccc2c(=O)[nH]1. The molecule has 6 nitrogen and oxygen atoms in total. The predicted octanol–water partition coefficient (Wildman–Crippen LogP) is 4.21. The van der Waals surface area contributed by atoms with Crippen LogP contribution in [0.4, 0.5) is 0 Å². The molecule has 26 heavy (non-hydrogen) atoms. The van der Waals surface area contributed by atoms with Crippen molar-refractivity contribution in [3.63, 3.8) is 0 Å². The Hall–Kier alpha value is -2.64. The molecule has 130 valence electrons. The highest BCUT2D eigenvalue weighted by Crippen LogP contribution is 2.31. The molecule has 0 bridgehead atoms. The minimum atomic E-state index is -0.144. The summed E-state index contributed by atoms with van der Waals surface area (Å²) in [7, 11) is 0. The number of halogens is 1. The van der Waals surface area contributed by atoms with Crippen molar-refractivity contribution >= 4 is 34.3 Å². The molecule has 2 N–H and O–H groups in total. The maximum Gasteiger partial charge on any atom is 0.258 e. The molecule has 0 saturated heterocycles. The molecule has 0 fully saturated rings. The van der Waals surface area contributed by atoms with Gasteiger partial charge < -0.3 is 4.98 Å². The fourth-order valence-electron chi connectivity index (χ4n) is 2.55. The first kappa shape index (κ1) is 16.8. The smallest absolute Gasteiger partial charge is 0.258 e. The van der Waals surface area contributed by atoms with E-state index in [-0.39, 0.29) is 10.8 Å². The molecule has 0 saturated carbocycles. The van der Waals surface area contributed by atoms with Gasteiger partial charge in [-0.2, -0.15) is 0 Å². The summed E-state index contributed by atoms with van der Waals surface area (Å²) in [5.74, 6) is 1.26. The minimum absolute atomic E-state index is 0.110. The molecule has 0 aliphatic carbocycles.